The second-order valence-corrected chi connectivity index (χ2v) is 5.66. The van der Waals surface area contributed by atoms with Gasteiger partial charge in [0, 0.05) is 5.02 Å². The van der Waals surface area contributed by atoms with E-state index in [0.717, 1.165) is 16.3 Å². The zero-order valence-corrected chi connectivity index (χ0v) is 12.6. The van der Waals surface area contributed by atoms with Crippen molar-refractivity contribution >= 4 is 28.3 Å². The molecule has 3 rings (SSSR count). The van der Waals surface area contributed by atoms with Gasteiger partial charge in [0.1, 0.15) is 0 Å². The van der Waals surface area contributed by atoms with Gasteiger partial charge >= 0.3 is 5.97 Å². The second kappa shape index (κ2) is 6.20. The van der Waals surface area contributed by atoms with Gasteiger partial charge in [-0.1, -0.05) is 72.3 Å². The first-order valence-electron chi connectivity index (χ1n) is 7.10. The Morgan fingerprint density at radius 2 is 1.64 bits per heavy atom. The number of fused-ring (bicyclic) bond motifs is 1. The minimum atomic E-state index is -0.860. The maximum atomic E-state index is 11.7. The Morgan fingerprint density at radius 3 is 2.41 bits per heavy atom. The maximum Gasteiger partial charge on any atom is 0.311 e. The van der Waals surface area contributed by atoms with E-state index in [1.165, 1.54) is 0 Å². The SMILES string of the molecule is O=C(O)C(Cc1cccc2ccccc12)c1ccccc1Cl. The third-order valence-corrected chi connectivity index (χ3v) is 4.23. The molecule has 1 atom stereocenters. The van der Waals surface area contributed by atoms with E-state index < -0.39 is 11.9 Å². The van der Waals surface area contributed by atoms with Crippen LogP contribution in [0.5, 0.6) is 0 Å². The largest absolute Gasteiger partial charge is 0.481 e. The van der Waals surface area contributed by atoms with Crippen molar-refractivity contribution < 1.29 is 9.90 Å². The van der Waals surface area contributed by atoms with Gasteiger partial charge in [-0.25, -0.2) is 0 Å². The molecule has 0 aliphatic rings. The number of benzene rings is 3. The fourth-order valence-electron chi connectivity index (χ4n) is 2.78. The lowest BCUT2D eigenvalue weighted by atomic mass is 9.90. The lowest BCUT2D eigenvalue weighted by molar-refractivity contribution is -0.138. The highest BCUT2D eigenvalue weighted by Gasteiger charge is 2.23. The van der Waals surface area contributed by atoms with Crippen LogP contribution in [0.4, 0.5) is 0 Å². The van der Waals surface area contributed by atoms with Gasteiger partial charge in [0.05, 0.1) is 5.92 Å². The van der Waals surface area contributed by atoms with Crippen LogP contribution in [0, 0.1) is 0 Å². The molecule has 0 aromatic heterocycles. The van der Waals surface area contributed by atoms with Crippen LogP contribution in [0.3, 0.4) is 0 Å². The number of carboxylic acid groups (broad SMARTS) is 1. The average molecular weight is 311 g/mol. The predicted molar refractivity (Wildman–Crippen MR) is 89.5 cm³/mol. The summed E-state index contributed by atoms with van der Waals surface area (Å²) in [6.07, 6.45) is 0.417. The molecule has 0 fully saturated rings. The molecule has 0 saturated carbocycles. The molecular formula is C19H15ClO2. The molecule has 0 amide bonds. The summed E-state index contributed by atoms with van der Waals surface area (Å²) in [4.78, 5) is 11.7. The van der Waals surface area contributed by atoms with E-state index in [1.807, 2.05) is 54.6 Å². The van der Waals surface area contributed by atoms with Crippen LogP contribution in [0.25, 0.3) is 10.8 Å². The van der Waals surface area contributed by atoms with E-state index in [4.69, 9.17) is 11.6 Å². The van der Waals surface area contributed by atoms with Crippen molar-refractivity contribution in [3.63, 3.8) is 0 Å². The molecular weight excluding hydrogens is 296 g/mol. The van der Waals surface area contributed by atoms with Crippen molar-refractivity contribution in [3.05, 3.63) is 82.9 Å². The average Bonchev–Trinajstić information content (AvgIpc) is 2.53. The molecule has 3 aromatic carbocycles. The van der Waals surface area contributed by atoms with Gasteiger partial charge < -0.3 is 5.11 Å². The molecule has 1 N–H and O–H groups in total. The molecule has 0 saturated heterocycles. The zero-order chi connectivity index (χ0) is 15.5. The first-order valence-corrected chi connectivity index (χ1v) is 7.48. The number of hydrogen-bond donors (Lipinski definition) is 1. The van der Waals surface area contributed by atoms with Crippen LogP contribution in [0.15, 0.2) is 66.7 Å². The van der Waals surface area contributed by atoms with Crippen molar-refractivity contribution in [2.45, 2.75) is 12.3 Å². The van der Waals surface area contributed by atoms with Crippen LogP contribution >= 0.6 is 11.6 Å². The summed E-state index contributed by atoms with van der Waals surface area (Å²) in [6.45, 7) is 0. The Hall–Kier alpha value is -2.32. The maximum absolute atomic E-state index is 11.7. The number of halogens is 1. The fourth-order valence-corrected chi connectivity index (χ4v) is 3.05. The molecule has 0 radical (unpaired) electrons. The summed E-state index contributed by atoms with van der Waals surface area (Å²) >= 11 is 6.18. The van der Waals surface area contributed by atoms with Gasteiger partial charge in [0.2, 0.25) is 0 Å². The van der Waals surface area contributed by atoms with E-state index in [0.29, 0.717) is 17.0 Å². The van der Waals surface area contributed by atoms with E-state index in [9.17, 15) is 9.90 Å². The van der Waals surface area contributed by atoms with Crippen LogP contribution < -0.4 is 0 Å². The van der Waals surface area contributed by atoms with Gasteiger partial charge in [-0.2, -0.15) is 0 Å². The van der Waals surface area contributed by atoms with E-state index in [2.05, 4.69) is 0 Å². The summed E-state index contributed by atoms with van der Waals surface area (Å²) in [5.74, 6) is -1.51. The minimum absolute atomic E-state index is 0.417. The summed E-state index contributed by atoms with van der Waals surface area (Å²) in [7, 11) is 0. The summed E-state index contributed by atoms with van der Waals surface area (Å²) < 4.78 is 0. The quantitative estimate of drug-likeness (QED) is 0.744. The fraction of sp³-hybridized carbons (Fsp3) is 0.105. The number of carboxylic acids is 1. The topological polar surface area (TPSA) is 37.3 Å². The number of aliphatic carboxylic acids is 1. The van der Waals surface area contributed by atoms with Gasteiger partial charge in [0.15, 0.2) is 0 Å². The summed E-state index contributed by atoms with van der Waals surface area (Å²) in [5.41, 5.74) is 1.68. The highest BCUT2D eigenvalue weighted by Crippen LogP contribution is 2.30. The highest BCUT2D eigenvalue weighted by molar-refractivity contribution is 6.31. The lowest BCUT2D eigenvalue weighted by Gasteiger charge is -2.16. The zero-order valence-electron chi connectivity index (χ0n) is 11.9. The molecule has 1 unspecified atom stereocenters. The van der Waals surface area contributed by atoms with Crippen LogP contribution in [-0.4, -0.2) is 11.1 Å². The number of hydrogen-bond acceptors (Lipinski definition) is 1. The standard InChI is InChI=1S/C19H15ClO2/c20-18-11-4-3-10-16(18)17(19(21)22)12-14-8-5-7-13-6-1-2-9-15(13)14/h1-11,17H,12H2,(H,21,22). The molecule has 0 heterocycles. The first-order chi connectivity index (χ1) is 10.7. The van der Waals surface area contributed by atoms with Gasteiger partial charge in [-0.3, -0.25) is 4.79 Å². The first kappa shape index (κ1) is 14.6. The number of rotatable bonds is 4. The van der Waals surface area contributed by atoms with Crippen molar-refractivity contribution in [1.29, 1.82) is 0 Å². The van der Waals surface area contributed by atoms with Crippen molar-refractivity contribution in [2.75, 3.05) is 0 Å². The molecule has 2 nitrogen and oxygen atoms in total. The highest BCUT2D eigenvalue weighted by atomic mass is 35.5. The molecule has 22 heavy (non-hydrogen) atoms. The molecule has 3 aromatic rings. The monoisotopic (exact) mass is 310 g/mol. The molecule has 3 heteroatoms. The predicted octanol–water partition coefficient (Wildman–Crippen LogP) is 4.90. The molecule has 110 valence electrons. The molecule has 0 spiro atoms. The summed E-state index contributed by atoms with van der Waals surface area (Å²) in [5, 5.41) is 12.3. The molecule has 0 aliphatic heterocycles. The third kappa shape index (κ3) is 2.83. The van der Waals surface area contributed by atoms with Crippen LogP contribution in [0.2, 0.25) is 5.02 Å². The number of carbonyl (C=O) groups is 1. The van der Waals surface area contributed by atoms with Gasteiger partial charge in [0.25, 0.3) is 0 Å². The van der Waals surface area contributed by atoms with E-state index in [1.54, 1.807) is 12.1 Å². The van der Waals surface area contributed by atoms with Gasteiger partial charge in [-0.05, 0) is 34.4 Å². The Kier molecular flexibility index (Phi) is 4.12. The normalized spacial score (nSPS) is 12.2. The van der Waals surface area contributed by atoms with Crippen molar-refractivity contribution in [2.24, 2.45) is 0 Å². The van der Waals surface area contributed by atoms with Crippen molar-refractivity contribution in [3.8, 4) is 0 Å². The smallest absolute Gasteiger partial charge is 0.311 e. The minimum Gasteiger partial charge on any atom is -0.481 e. The molecule has 0 aliphatic carbocycles. The third-order valence-electron chi connectivity index (χ3n) is 3.88. The van der Waals surface area contributed by atoms with Crippen LogP contribution in [-0.2, 0) is 11.2 Å². The van der Waals surface area contributed by atoms with Crippen molar-refractivity contribution in [1.82, 2.24) is 0 Å². The Bertz CT molecular complexity index is 821. The Morgan fingerprint density at radius 1 is 0.955 bits per heavy atom. The summed E-state index contributed by atoms with van der Waals surface area (Å²) in [6, 6.07) is 21.1. The Labute approximate surface area is 134 Å². The van der Waals surface area contributed by atoms with E-state index in [-0.39, 0.29) is 0 Å². The lowest BCUT2D eigenvalue weighted by Crippen LogP contribution is -2.15. The molecule has 0 bridgehead atoms. The van der Waals surface area contributed by atoms with E-state index >= 15 is 0 Å². The Balaban J connectivity index is 2.04. The van der Waals surface area contributed by atoms with Crippen LogP contribution in [0.1, 0.15) is 17.0 Å². The second-order valence-electron chi connectivity index (χ2n) is 5.25. The van der Waals surface area contributed by atoms with Gasteiger partial charge in [-0.15, -0.1) is 0 Å².